The lowest BCUT2D eigenvalue weighted by Crippen LogP contribution is -2.46. The average molecular weight is 337 g/mol. The molecule has 5 nitrogen and oxygen atoms in total. The van der Waals surface area contributed by atoms with Crippen LogP contribution < -0.4 is 5.32 Å². The molecule has 1 heterocycles. The smallest absolute Gasteiger partial charge is 0.224 e. The first-order valence-electron chi connectivity index (χ1n) is 7.55. The molecule has 0 unspecified atom stereocenters. The van der Waals surface area contributed by atoms with Crippen molar-refractivity contribution in [3.8, 4) is 0 Å². The Bertz CT molecular complexity index is 444. The largest absolute Gasteiger partial charge is 0.355 e. The Morgan fingerprint density at radius 2 is 2.05 bits per heavy atom. The van der Waals surface area contributed by atoms with E-state index in [1.165, 1.54) is 4.31 Å². The van der Waals surface area contributed by atoms with Crippen LogP contribution in [0.2, 0.25) is 0 Å². The molecule has 1 saturated heterocycles. The van der Waals surface area contributed by atoms with Crippen molar-refractivity contribution in [1.82, 2.24) is 9.62 Å². The molecule has 0 saturated carbocycles. The standard InChI is InChI=1S/C14H28N2O3S2/c1-5-21(18,19)16-9-6-7-12(11-16)13(17)15-8-10-20-14(2,3)4/h12H,5-11H2,1-4H3,(H,15,17)/t12-/m1/s1. The van der Waals surface area contributed by atoms with E-state index in [9.17, 15) is 13.2 Å². The van der Waals surface area contributed by atoms with Gasteiger partial charge in [0, 0.05) is 30.1 Å². The Kier molecular flexibility index (Phi) is 7.00. The average Bonchev–Trinajstić information content (AvgIpc) is 2.42. The molecule has 0 aliphatic carbocycles. The zero-order valence-electron chi connectivity index (χ0n) is 13.5. The summed E-state index contributed by atoms with van der Waals surface area (Å²) in [5.74, 6) is 0.753. The molecule has 1 atom stereocenters. The first-order valence-corrected chi connectivity index (χ1v) is 10.1. The van der Waals surface area contributed by atoms with Crippen LogP contribution in [-0.2, 0) is 14.8 Å². The molecular weight excluding hydrogens is 308 g/mol. The molecule has 0 bridgehead atoms. The minimum atomic E-state index is -3.18. The van der Waals surface area contributed by atoms with Crippen molar-refractivity contribution in [3.05, 3.63) is 0 Å². The van der Waals surface area contributed by atoms with E-state index in [0.29, 0.717) is 19.6 Å². The fraction of sp³-hybridized carbons (Fsp3) is 0.929. The zero-order chi connectivity index (χ0) is 16.1. The van der Waals surface area contributed by atoms with E-state index in [0.717, 1.165) is 18.6 Å². The van der Waals surface area contributed by atoms with Crippen LogP contribution in [0.3, 0.4) is 0 Å². The van der Waals surface area contributed by atoms with E-state index in [4.69, 9.17) is 0 Å². The molecule has 0 aromatic rings. The van der Waals surface area contributed by atoms with Gasteiger partial charge in [-0.05, 0) is 19.8 Å². The molecule has 1 aliphatic heterocycles. The molecule has 1 amide bonds. The van der Waals surface area contributed by atoms with E-state index in [-0.39, 0.29) is 22.3 Å². The SMILES string of the molecule is CCS(=O)(=O)N1CCC[C@@H](C(=O)NCCSC(C)(C)C)C1. The Hall–Kier alpha value is -0.270. The minimum absolute atomic E-state index is 0.0134. The molecule has 0 radical (unpaired) electrons. The van der Waals surface area contributed by atoms with Gasteiger partial charge in [-0.2, -0.15) is 11.8 Å². The Labute approximate surface area is 133 Å². The highest BCUT2D eigenvalue weighted by Crippen LogP contribution is 2.22. The highest BCUT2D eigenvalue weighted by Gasteiger charge is 2.31. The summed E-state index contributed by atoms with van der Waals surface area (Å²) in [6.07, 6.45) is 1.53. The van der Waals surface area contributed by atoms with Crippen molar-refractivity contribution in [2.45, 2.75) is 45.3 Å². The topological polar surface area (TPSA) is 66.5 Å². The number of carbonyl (C=O) groups is 1. The number of nitrogens with zero attached hydrogens (tertiary/aromatic N) is 1. The highest BCUT2D eigenvalue weighted by atomic mass is 32.2. The van der Waals surface area contributed by atoms with Crippen molar-refractivity contribution in [1.29, 1.82) is 0 Å². The Balaban J connectivity index is 2.41. The third-order valence-electron chi connectivity index (χ3n) is 3.45. The summed E-state index contributed by atoms with van der Waals surface area (Å²) in [6, 6.07) is 0. The minimum Gasteiger partial charge on any atom is -0.355 e. The predicted octanol–water partition coefficient (Wildman–Crippen LogP) is 1.70. The Morgan fingerprint density at radius 3 is 2.62 bits per heavy atom. The summed E-state index contributed by atoms with van der Waals surface area (Å²) < 4.78 is 25.4. The molecule has 1 rings (SSSR count). The van der Waals surface area contributed by atoms with Gasteiger partial charge in [0.05, 0.1) is 11.7 Å². The summed E-state index contributed by atoms with van der Waals surface area (Å²) >= 11 is 1.81. The molecule has 124 valence electrons. The van der Waals surface area contributed by atoms with Crippen LogP contribution in [0.5, 0.6) is 0 Å². The number of sulfonamides is 1. The van der Waals surface area contributed by atoms with E-state index in [2.05, 4.69) is 26.1 Å². The van der Waals surface area contributed by atoms with Crippen LogP contribution in [0.1, 0.15) is 40.5 Å². The summed E-state index contributed by atoms with van der Waals surface area (Å²) in [4.78, 5) is 12.1. The van der Waals surface area contributed by atoms with Gasteiger partial charge in [0.25, 0.3) is 0 Å². The number of carbonyl (C=O) groups excluding carboxylic acids is 1. The van der Waals surface area contributed by atoms with E-state index >= 15 is 0 Å². The van der Waals surface area contributed by atoms with Gasteiger partial charge < -0.3 is 5.32 Å². The monoisotopic (exact) mass is 336 g/mol. The number of rotatable bonds is 6. The first-order chi connectivity index (χ1) is 9.65. The van der Waals surface area contributed by atoms with Gasteiger partial charge in [-0.15, -0.1) is 0 Å². The molecule has 1 fully saturated rings. The number of hydrogen-bond donors (Lipinski definition) is 1. The van der Waals surface area contributed by atoms with Gasteiger partial charge >= 0.3 is 0 Å². The van der Waals surface area contributed by atoms with Crippen molar-refractivity contribution < 1.29 is 13.2 Å². The molecule has 1 aliphatic rings. The normalized spacial score (nSPS) is 21.2. The maximum Gasteiger partial charge on any atom is 0.224 e. The van der Waals surface area contributed by atoms with Crippen molar-refractivity contribution in [2.75, 3.05) is 31.1 Å². The van der Waals surface area contributed by atoms with Crippen LogP contribution in [0.4, 0.5) is 0 Å². The van der Waals surface area contributed by atoms with Gasteiger partial charge in [0.15, 0.2) is 0 Å². The third kappa shape index (κ3) is 6.57. The number of nitrogens with one attached hydrogen (secondary N) is 1. The Morgan fingerprint density at radius 1 is 1.38 bits per heavy atom. The first kappa shape index (κ1) is 18.8. The number of hydrogen-bond acceptors (Lipinski definition) is 4. The zero-order valence-corrected chi connectivity index (χ0v) is 15.1. The third-order valence-corrected chi connectivity index (χ3v) is 6.57. The second kappa shape index (κ2) is 7.83. The summed E-state index contributed by atoms with van der Waals surface area (Å²) in [7, 11) is -3.18. The number of piperidine rings is 1. The fourth-order valence-corrected chi connectivity index (χ4v) is 4.26. The lowest BCUT2D eigenvalue weighted by molar-refractivity contribution is -0.125. The van der Waals surface area contributed by atoms with Crippen molar-refractivity contribution in [3.63, 3.8) is 0 Å². The van der Waals surface area contributed by atoms with E-state index in [1.54, 1.807) is 6.92 Å². The fourth-order valence-electron chi connectivity index (χ4n) is 2.27. The van der Waals surface area contributed by atoms with Gasteiger partial charge in [-0.25, -0.2) is 12.7 Å². The number of thioether (sulfide) groups is 1. The second-order valence-corrected chi connectivity index (χ2v) is 10.5. The number of amides is 1. The molecule has 21 heavy (non-hydrogen) atoms. The highest BCUT2D eigenvalue weighted by molar-refractivity contribution is 8.00. The van der Waals surface area contributed by atoms with Gasteiger partial charge in [0.2, 0.25) is 15.9 Å². The molecule has 7 heteroatoms. The van der Waals surface area contributed by atoms with Gasteiger partial charge in [0.1, 0.15) is 0 Å². The maximum atomic E-state index is 12.1. The predicted molar refractivity (Wildman–Crippen MR) is 89.0 cm³/mol. The van der Waals surface area contributed by atoms with Crippen molar-refractivity contribution in [2.24, 2.45) is 5.92 Å². The summed E-state index contributed by atoms with van der Waals surface area (Å²) in [5, 5.41) is 2.93. The maximum absolute atomic E-state index is 12.1. The van der Waals surface area contributed by atoms with Crippen molar-refractivity contribution >= 4 is 27.7 Å². The van der Waals surface area contributed by atoms with Crippen LogP contribution in [-0.4, -0.2) is 54.5 Å². The molecule has 0 aromatic heterocycles. The lowest BCUT2D eigenvalue weighted by atomic mass is 9.99. The van der Waals surface area contributed by atoms with E-state index < -0.39 is 10.0 Å². The van der Waals surface area contributed by atoms with E-state index in [1.807, 2.05) is 11.8 Å². The molecule has 0 spiro atoms. The second-order valence-electron chi connectivity index (χ2n) is 6.35. The van der Waals surface area contributed by atoms with Gasteiger partial charge in [-0.1, -0.05) is 20.8 Å². The molecular formula is C14H28N2O3S2. The van der Waals surface area contributed by atoms with Crippen LogP contribution in [0.25, 0.3) is 0 Å². The van der Waals surface area contributed by atoms with Crippen LogP contribution in [0.15, 0.2) is 0 Å². The molecule has 1 N–H and O–H groups in total. The molecule has 0 aromatic carbocycles. The van der Waals surface area contributed by atoms with Gasteiger partial charge in [-0.3, -0.25) is 4.79 Å². The quantitative estimate of drug-likeness (QED) is 0.750. The summed E-state index contributed by atoms with van der Waals surface area (Å²) in [5.41, 5.74) is 0. The van der Waals surface area contributed by atoms with Crippen LogP contribution >= 0.6 is 11.8 Å². The lowest BCUT2D eigenvalue weighted by Gasteiger charge is -2.31. The van der Waals surface area contributed by atoms with Crippen LogP contribution in [0, 0.1) is 5.92 Å². The summed E-state index contributed by atoms with van der Waals surface area (Å²) in [6.45, 7) is 9.59.